The van der Waals surface area contributed by atoms with Gasteiger partial charge in [-0.25, -0.2) is 9.78 Å². The first-order valence-electron chi connectivity index (χ1n) is 4.92. The second-order valence-electron chi connectivity index (χ2n) is 3.12. The van der Waals surface area contributed by atoms with Crippen LogP contribution in [0.1, 0.15) is 35.5 Å². The largest absolute Gasteiger partial charge is 0.476 e. The molecule has 5 heteroatoms. The third-order valence-corrected chi connectivity index (χ3v) is 1.93. The highest BCUT2D eigenvalue weighted by Gasteiger charge is 2.15. The van der Waals surface area contributed by atoms with Gasteiger partial charge in [-0.2, -0.15) is 0 Å². The minimum Gasteiger partial charge on any atom is -0.476 e. The van der Waals surface area contributed by atoms with Gasteiger partial charge in [0.05, 0.1) is 0 Å². The van der Waals surface area contributed by atoms with Gasteiger partial charge >= 0.3 is 5.97 Å². The molecule has 15 heavy (non-hydrogen) atoms. The zero-order valence-electron chi connectivity index (χ0n) is 8.95. The maximum Gasteiger partial charge on any atom is 0.358 e. The van der Waals surface area contributed by atoms with Crippen LogP contribution in [0, 0.1) is 6.92 Å². The first kappa shape index (κ1) is 11.7. The number of nitrogens with zero attached hydrogens (tertiary/aromatic N) is 1. The lowest BCUT2D eigenvalue weighted by Crippen LogP contribution is -2.00. The van der Waals surface area contributed by atoms with E-state index < -0.39 is 5.97 Å². The van der Waals surface area contributed by atoms with E-state index in [1.165, 1.54) is 0 Å². The predicted molar refractivity (Wildman–Crippen MR) is 53.0 cm³/mol. The molecule has 0 bridgehead atoms. The van der Waals surface area contributed by atoms with Crippen molar-refractivity contribution in [1.82, 2.24) is 4.98 Å². The number of hydrogen-bond acceptors (Lipinski definition) is 4. The Morgan fingerprint density at radius 2 is 2.33 bits per heavy atom. The van der Waals surface area contributed by atoms with Crippen LogP contribution in [0.25, 0.3) is 0 Å². The minimum atomic E-state index is -1.05. The van der Waals surface area contributed by atoms with Crippen LogP contribution in [-0.4, -0.2) is 29.3 Å². The van der Waals surface area contributed by atoms with Crippen molar-refractivity contribution in [3.05, 3.63) is 17.3 Å². The molecule has 0 aliphatic rings. The van der Waals surface area contributed by atoms with Gasteiger partial charge in [-0.15, -0.1) is 0 Å². The molecule has 0 atom stereocenters. The summed E-state index contributed by atoms with van der Waals surface area (Å²) in [4.78, 5) is 14.5. The van der Waals surface area contributed by atoms with Crippen molar-refractivity contribution in [3.63, 3.8) is 0 Å². The number of hydrogen-bond donors (Lipinski definition) is 1. The van der Waals surface area contributed by atoms with Gasteiger partial charge in [0.1, 0.15) is 5.76 Å². The first-order valence-corrected chi connectivity index (χ1v) is 4.92. The number of rotatable bonds is 6. The molecule has 0 radical (unpaired) electrons. The molecule has 0 saturated heterocycles. The Morgan fingerprint density at radius 3 is 2.87 bits per heavy atom. The minimum absolute atomic E-state index is 0.00131. The Bertz CT molecular complexity index is 332. The average Bonchev–Trinajstić information content (AvgIpc) is 2.55. The van der Waals surface area contributed by atoms with Crippen LogP contribution in [0.15, 0.2) is 4.42 Å². The summed E-state index contributed by atoms with van der Waals surface area (Å²) in [6.45, 7) is 4.85. The summed E-state index contributed by atoms with van der Waals surface area (Å²) in [5.41, 5.74) is 0.00131. The van der Waals surface area contributed by atoms with E-state index in [0.29, 0.717) is 31.3 Å². The van der Waals surface area contributed by atoms with Crippen LogP contribution in [0.3, 0.4) is 0 Å². The summed E-state index contributed by atoms with van der Waals surface area (Å²) >= 11 is 0. The van der Waals surface area contributed by atoms with E-state index in [1.54, 1.807) is 6.92 Å². The summed E-state index contributed by atoms with van der Waals surface area (Å²) in [7, 11) is 0. The molecule has 1 aromatic rings. The number of ether oxygens (including phenoxy) is 1. The standard InChI is InChI=1S/C10H15NO4/c1-3-14-6-4-5-8-11-9(10(12)13)7(2)15-8/h3-6H2,1-2H3,(H,12,13). The number of aromatic carboxylic acids is 1. The fourth-order valence-electron chi connectivity index (χ4n) is 1.23. The summed E-state index contributed by atoms with van der Waals surface area (Å²) < 4.78 is 10.4. The molecule has 1 N–H and O–H groups in total. The Morgan fingerprint density at radius 1 is 1.60 bits per heavy atom. The predicted octanol–water partition coefficient (Wildman–Crippen LogP) is 1.65. The Balaban J connectivity index is 2.48. The molecule has 1 rings (SSSR count). The Kier molecular flexibility index (Phi) is 4.30. The van der Waals surface area contributed by atoms with Crippen molar-refractivity contribution >= 4 is 5.97 Å². The zero-order valence-corrected chi connectivity index (χ0v) is 8.95. The van der Waals surface area contributed by atoms with E-state index in [0.717, 1.165) is 6.42 Å². The molecule has 0 aromatic carbocycles. The van der Waals surface area contributed by atoms with Crippen LogP contribution >= 0.6 is 0 Å². The third kappa shape index (κ3) is 3.36. The van der Waals surface area contributed by atoms with Gasteiger partial charge in [0.15, 0.2) is 11.6 Å². The molecule has 0 amide bonds. The van der Waals surface area contributed by atoms with E-state index in [9.17, 15) is 4.79 Å². The van der Waals surface area contributed by atoms with Crippen LogP contribution < -0.4 is 0 Å². The molecule has 1 aromatic heterocycles. The number of carbonyl (C=O) groups is 1. The highest BCUT2D eigenvalue weighted by atomic mass is 16.5. The zero-order chi connectivity index (χ0) is 11.3. The highest BCUT2D eigenvalue weighted by molar-refractivity contribution is 5.86. The van der Waals surface area contributed by atoms with Crippen LogP contribution in [0.4, 0.5) is 0 Å². The summed E-state index contributed by atoms with van der Waals surface area (Å²) in [6.07, 6.45) is 1.39. The third-order valence-electron chi connectivity index (χ3n) is 1.93. The maximum absolute atomic E-state index is 10.7. The molecule has 0 aliphatic carbocycles. The number of aromatic nitrogens is 1. The highest BCUT2D eigenvalue weighted by Crippen LogP contribution is 2.11. The van der Waals surface area contributed by atoms with Crippen molar-refractivity contribution in [2.24, 2.45) is 0 Å². The summed E-state index contributed by atoms with van der Waals surface area (Å²) in [5, 5.41) is 8.74. The molecule has 5 nitrogen and oxygen atoms in total. The van der Waals surface area contributed by atoms with E-state index >= 15 is 0 Å². The lowest BCUT2D eigenvalue weighted by molar-refractivity contribution is 0.0689. The molecule has 0 unspecified atom stereocenters. The van der Waals surface area contributed by atoms with Gasteiger partial charge in [0.2, 0.25) is 0 Å². The van der Waals surface area contributed by atoms with Crippen molar-refractivity contribution < 1.29 is 19.1 Å². The van der Waals surface area contributed by atoms with Crippen molar-refractivity contribution in [1.29, 1.82) is 0 Å². The quantitative estimate of drug-likeness (QED) is 0.727. The van der Waals surface area contributed by atoms with Gasteiger partial charge in [-0.05, 0) is 20.3 Å². The maximum atomic E-state index is 10.7. The van der Waals surface area contributed by atoms with Gasteiger partial charge in [0.25, 0.3) is 0 Å². The van der Waals surface area contributed by atoms with Gasteiger partial charge < -0.3 is 14.3 Å². The second kappa shape index (κ2) is 5.50. The van der Waals surface area contributed by atoms with Crippen molar-refractivity contribution in [2.75, 3.05) is 13.2 Å². The number of carboxylic acid groups (broad SMARTS) is 1. The second-order valence-corrected chi connectivity index (χ2v) is 3.12. The fraction of sp³-hybridized carbons (Fsp3) is 0.600. The van der Waals surface area contributed by atoms with Gasteiger partial charge in [-0.3, -0.25) is 0 Å². The molecule has 0 saturated carbocycles. The first-order chi connectivity index (χ1) is 7.15. The molecule has 84 valence electrons. The molecular formula is C10H15NO4. The number of carboxylic acids is 1. The summed E-state index contributed by atoms with van der Waals surface area (Å²) in [6, 6.07) is 0. The summed E-state index contributed by atoms with van der Waals surface area (Å²) in [5.74, 6) is -0.231. The smallest absolute Gasteiger partial charge is 0.358 e. The van der Waals surface area contributed by atoms with E-state index in [2.05, 4.69) is 4.98 Å². The molecule has 0 fully saturated rings. The van der Waals surface area contributed by atoms with E-state index in [4.69, 9.17) is 14.3 Å². The number of oxazole rings is 1. The Labute approximate surface area is 88.1 Å². The lowest BCUT2D eigenvalue weighted by Gasteiger charge is -1.97. The van der Waals surface area contributed by atoms with Crippen molar-refractivity contribution in [2.45, 2.75) is 26.7 Å². The van der Waals surface area contributed by atoms with E-state index in [1.807, 2.05) is 6.92 Å². The van der Waals surface area contributed by atoms with Gasteiger partial charge in [0, 0.05) is 19.6 Å². The van der Waals surface area contributed by atoms with Crippen molar-refractivity contribution in [3.8, 4) is 0 Å². The average molecular weight is 213 g/mol. The monoisotopic (exact) mass is 213 g/mol. The lowest BCUT2D eigenvalue weighted by atomic mass is 10.3. The molecule has 1 heterocycles. The Hall–Kier alpha value is -1.36. The molecule has 0 spiro atoms. The van der Waals surface area contributed by atoms with Gasteiger partial charge in [-0.1, -0.05) is 0 Å². The van der Waals surface area contributed by atoms with E-state index in [-0.39, 0.29) is 5.69 Å². The molecule has 0 aliphatic heterocycles. The SMILES string of the molecule is CCOCCCc1nc(C(=O)O)c(C)o1. The molecular weight excluding hydrogens is 198 g/mol. The van der Waals surface area contributed by atoms with Crippen LogP contribution in [0.2, 0.25) is 0 Å². The van der Waals surface area contributed by atoms with Crippen LogP contribution in [0.5, 0.6) is 0 Å². The normalized spacial score (nSPS) is 10.5. The van der Waals surface area contributed by atoms with Crippen LogP contribution in [-0.2, 0) is 11.2 Å². The number of aryl methyl sites for hydroxylation is 2. The topological polar surface area (TPSA) is 72.6 Å². The fourth-order valence-corrected chi connectivity index (χ4v) is 1.23.